The lowest BCUT2D eigenvalue weighted by molar-refractivity contribution is 0.311. The summed E-state index contributed by atoms with van der Waals surface area (Å²) in [6.07, 6.45) is 6.33. The van der Waals surface area contributed by atoms with Crippen molar-refractivity contribution in [3.63, 3.8) is 0 Å². The van der Waals surface area contributed by atoms with Crippen molar-refractivity contribution in [3.8, 4) is 0 Å². The number of nitrogens with zero attached hydrogens (tertiary/aromatic N) is 2. The maximum absolute atomic E-state index is 8.72. The monoisotopic (exact) mass is 247 g/mol. The van der Waals surface area contributed by atoms with Gasteiger partial charge >= 0.3 is 0 Å². The highest BCUT2D eigenvalue weighted by Crippen LogP contribution is 2.08. The summed E-state index contributed by atoms with van der Waals surface area (Å²) < 4.78 is 0. The fourth-order valence-electron chi connectivity index (χ4n) is 1.58. The van der Waals surface area contributed by atoms with Crippen molar-refractivity contribution in [1.82, 2.24) is 15.0 Å². The Hall–Kier alpha value is -2.08. The molecule has 0 saturated heterocycles. The number of aromatic amines is 1. The van der Waals surface area contributed by atoms with E-state index < -0.39 is 0 Å². The molecule has 0 atom stereocenters. The minimum absolute atomic E-state index is 0.0836. The third kappa shape index (κ3) is 3.74. The molecule has 0 aliphatic carbocycles. The quantitative estimate of drug-likeness (QED) is 0.583. The van der Waals surface area contributed by atoms with Crippen molar-refractivity contribution in [3.05, 3.63) is 36.4 Å². The number of aliphatic hydroxyl groups excluding tert-OH is 1. The lowest BCUT2D eigenvalue weighted by Crippen LogP contribution is -2.09. The van der Waals surface area contributed by atoms with E-state index in [0.717, 1.165) is 18.8 Å². The van der Waals surface area contributed by atoms with Crippen LogP contribution in [0, 0.1) is 0 Å². The Labute approximate surface area is 105 Å². The van der Waals surface area contributed by atoms with Crippen molar-refractivity contribution >= 4 is 11.6 Å². The zero-order chi connectivity index (χ0) is 12.6. The molecule has 0 unspecified atom stereocenters. The molecule has 2 aromatic heterocycles. The molecule has 0 aromatic carbocycles. The van der Waals surface area contributed by atoms with E-state index in [1.807, 2.05) is 18.5 Å². The molecule has 0 fully saturated rings. The molecule has 0 bridgehead atoms. The first-order chi connectivity index (χ1) is 8.88. The number of aliphatic hydroxyl groups is 1. The summed E-state index contributed by atoms with van der Waals surface area (Å²) in [6, 6.07) is 3.88. The van der Waals surface area contributed by atoms with Gasteiger partial charge in [-0.2, -0.15) is 0 Å². The maximum atomic E-state index is 8.72. The number of aromatic nitrogens is 3. The summed E-state index contributed by atoms with van der Waals surface area (Å²) >= 11 is 0. The highest BCUT2D eigenvalue weighted by molar-refractivity contribution is 5.46. The van der Waals surface area contributed by atoms with Crippen LogP contribution >= 0.6 is 0 Å². The van der Waals surface area contributed by atoms with Gasteiger partial charge < -0.3 is 20.7 Å². The largest absolute Gasteiger partial charge is 0.395 e. The highest BCUT2D eigenvalue weighted by atomic mass is 16.3. The van der Waals surface area contributed by atoms with Crippen LogP contribution in [0.3, 0.4) is 0 Å². The van der Waals surface area contributed by atoms with Crippen molar-refractivity contribution in [2.45, 2.75) is 6.42 Å². The lowest BCUT2D eigenvalue weighted by Gasteiger charge is -2.07. The van der Waals surface area contributed by atoms with Gasteiger partial charge in [0.25, 0.3) is 0 Å². The normalized spacial score (nSPS) is 10.3. The van der Waals surface area contributed by atoms with Gasteiger partial charge in [-0.15, -0.1) is 0 Å². The summed E-state index contributed by atoms with van der Waals surface area (Å²) in [4.78, 5) is 11.2. The molecular formula is C12H17N5O. The van der Waals surface area contributed by atoms with Gasteiger partial charge in [0.05, 0.1) is 6.61 Å². The van der Waals surface area contributed by atoms with Crippen LogP contribution in [0.25, 0.3) is 0 Å². The predicted molar refractivity (Wildman–Crippen MR) is 70.6 cm³/mol. The molecule has 2 heterocycles. The van der Waals surface area contributed by atoms with Crippen LogP contribution in [0.4, 0.5) is 11.6 Å². The molecule has 0 aliphatic heterocycles. The molecule has 18 heavy (non-hydrogen) atoms. The summed E-state index contributed by atoms with van der Waals surface area (Å²) in [5, 5.41) is 14.9. The maximum Gasteiger partial charge on any atom is 0.131 e. The second-order valence-corrected chi connectivity index (χ2v) is 3.83. The average Bonchev–Trinajstić information content (AvgIpc) is 2.90. The first-order valence-electron chi connectivity index (χ1n) is 5.91. The third-order valence-electron chi connectivity index (χ3n) is 2.47. The van der Waals surface area contributed by atoms with Crippen LogP contribution in [0.15, 0.2) is 30.9 Å². The Morgan fingerprint density at radius 1 is 1.17 bits per heavy atom. The van der Waals surface area contributed by atoms with Gasteiger partial charge in [-0.05, 0) is 18.1 Å². The highest BCUT2D eigenvalue weighted by Gasteiger charge is 1.98. The summed E-state index contributed by atoms with van der Waals surface area (Å²) in [7, 11) is 0. The molecule has 6 nitrogen and oxygen atoms in total. The van der Waals surface area contributed by atoms with Gasteiger partial charge in [0.2, 0.25) is 0 Å². The molecule has 0 saturated carbocycles. The van der Waals surface area contributed by atoms with Gasteiger partial charge in [0.15, 0.2) is 0 Å². The molecule has 0 aliphatic rings. The first kappa shape index (κ1) is 12.4. The zero-order valence-electron chi connectivity index (χ0n) is 10.1. The topological polar surface area (TPSA) is 85.9 Å². The van der Waals surface area contributed by atoms with E-state index in [4.69, 9.17) is 5.11 Å². The summed E-state index contributed by atoms with van der Waals surface area (Å²) in [6.45, 7) is 1.38. The second kappa shape index (κ2) is 6.61. The van der Waals surface area contributed by atoms with Crippen LogP contribution in [-0.4, -0.2) is 39.8 Å². The van der Waals surface area contributed by atoms with Gasteiger partial charge in [-0.3, -0.25) is 0 Å². The van der Waals surface area contributed by atoms with Crippen LogP contribution in [0.1, 0.15) is 5.56 Å². The predicted octanol–water partition coefficient (Wildman–Crippen LogP) is 0.863. The van der Waals surface area contributed by atoms with E-state index in [1.165, 1.54) is 11.9 Å². The molecule has 0 amide bonds. The molecule has 96 valence electrons. The molecule has 0 spiro atoms. The van der Waals surface area contributed by atoms with Crippen molar-refractivity contribution in [1.29, 1.82) is 0 Å². The van der Waals surface area contributed by atoms with E-state index in [0.29, 0.717) is 12.4 Å². The second-order valence-electron chi connectivity index (χ2n) is 3.83. The van der Waals surface area contributed by atoms with E-state index in [-0.39, 0.29) is 6.61 Å². The summed E-state index contributed by atoms with van der Waals surface area (Å²) in [5.41, 5.74) is 1.26. The van der Waals surface area contributed by atoms with Gasteiger partial charge in [-0.1, -0.05) is 0 Å². The van der Waals surface area contributed by atoms with Crippen molar-refractivity contribution in [2.75, 3.05) is 30.3 Å². The Morgan fingerprint density at radius 3 is 2.61 bits per heavy atom. The minimum atomic E-state index is 0.0836. The van der Waals surface area contributed by atoms with Gasteiger partial charge in [-0.25, -0.2) is 9.97 Å². The van der Waals surface area contributed by atoms with Crippen LogP contribution < -0.4 is 10.6 Å². The lowest BCUT2D eigenvalue weighted by atomic mass is 10.2. The van der Waals surface area contributed by atoms with E-state index >= 15 is 0 Å². The SMILES string of the molecule is OCCNc1cc(NCCc2cc[nH]c2)ncn1. The fourth-order valence-corrected chi connectivity index (χ4v) is 1.58. The number of hydrogen-bond acceptors (Lipinski definition) is 5. The molecule has 2 rings (SSSR count). The number of rotatable bonds is 7. The number of anilines is 2. The van der Waals surface area contributed by atoms with Crippen LogP contribution in [-0.2, 0) is 6.42 Å². The molecule has 4 N–H and O–H groups in total. The fraction of sp³-hybridized carbons (Fsp3) is 0.333. The number of hydrogen-bond donors (Lipinski definition) is 4. The third-order valence-corrected chi connectivity index (χ3v) is 2.47. The average molecular weight is 247 g/mol. The first-order valence-corrected chi connectivity index (χ1v) is 5.91. The van der Waals surface area contributed by atoms with E-state index in [2.05, 4.69) is 31.7 Å². The van der Waals surface area contributed by atoms with Crippen LogP contribution in [0.5, 0.6) is 0 Å². The molecule has 2 aromatic rings. The standard InChI is InChI=1S/C12H17N5O/c18-6-5-15-12-7-11(16-9-17-12)14-4-2-10-1-3-13-8-10/h1,3,7-9,13,18H,2,4-6H2,(H2,14,15,16,17). The van der Waals surface area contributed by atoms with E-state index in [9.17, 15) is 0 Å². The molecule has 6 heteroatoms. The molecule has 0 radical (unpaired) electrons. The van der Waals surface area contributed by atoms with Crippen LogP contribution in [0.2, 0.25) is 0 Å². The summed E-state index contributed by atoms with van der Waals surface area (Å²) in [5.74, 6) is 1.49. The van der Waals surface area contributed by atoms with Gasteiger partial charge in [0.1, 0.15) is 18.0 Å². The van der Waals surface area contributed by atoms with Crippen molar-refractivity contribution < 1.29 is 5.11 Å². The van der Waals surface area contributed by atoms with E-state index in [1.54, 1.807) is 0 Å². The number of H-pyrrole nitrogens is 1. The smallest absolute Gasteiger partial charge is 0.131 e. The van der Waals surface area contributed by atoms with Gasteiger partial charge in [0, 0.05) is 31.5 Å². The Kier molecular flexibility index (Phi) is 4.54. The zero-order valence-corrected chi connectivity index (χ0v) is 10.1. The minimum Gasteiger partial charge on any atom is -0.395 e. The Morgan fingerprint density at radius 2 is 1.94 bits per heavy atom. The number of nitrogens with one attached hydrogen (secondary N) is 3. The molecular weight excluding hydrogens is 230 g/mol. The Balaban J connectivity index is 1.81. The Bertz CT molecular complexity index is 457. The van der Waals surface area contributed by atoms with Crippen molar-refractivity contribution in [2.24, 2.45) is 0 Å².